The summed E-state index contributed by atoms with van der Waals surface area (Å²) in [6.07, 6.45) is 0.660. The van der Waals surface area contributed by atoms with Crippen LogP contribution in [-0.4, -0.2) is 12.1 Å². The molecule has 1 aromatic carbocycles. The minimum absolute atomic E-state index is 0.164. The molecule has 4 heteroatoms. The maximum atomic E-state index is 11.2. The number of halogens is 1. The number of ketones is 1. The van der Waals surface area contributed by atoms with Gasteiger partial charge in [0.15, 0.2) is 5.78 Å². The van der Waals surface area contributed by atoms with Crippen LogP contribution in [0.15, 0.2) is 12.1 Å². The zero-order valence-electron chi connectivity index (χ0n) is 7.37. The molecule has 0 aliphatic carbocycles. The number of hydrogen-bond donors (Lipinski definition) is 0. The Morgan fingerprint density at radius 3 is 2.64 bits per heavy atom. The highest BCUT2D eigenvalue weighted by molar-refractivity contribution is 14.1. The molecule has 0 aliphatic heterocycles. The van der Waals surface area contributed by atoms with E-state index in [0.717, 1.165) is 0 Å². The Kier molecular flexibility index (Phi) is 3.36. The van der Waals surface area contributed by atoms with E-state index in [1.54, 1.807) is 6.07 Å². The van der Waals surface area contributed by atoms with Gasteiger partial charge in [0.25, 0.3) is 0 Å². The Balaban J connectivity index is 3.52. The third kappa shape index (κ3) is 1.99. The third-order valence-corrected chi connectivity index (χ3v) is 2.57. The standard InChI is InChI=1S/C10H6INO2/c1-6(14)10-8(4-12)2-7(5-13)3-9(10)11/h2-3,5H,1H3. The summed E-state index contributed by atoms with van der Waals surface area (Å²) in [7, 11) is 0. The number of benzene rings is 1. The van der Waals surface area contributed by atoms with Crippen LogP contribution in [0.1, 0.15) is 33.2 Å². The summed E-state index contributed by atoms with van der Waals surface area (Å²) in [5, 5.41) is 8.79. The first-order valence-electron chi connectivity index (χ1n) is 3.80. The van der Waals surface area contributed by atoms with Crippen molar-refractivity contribution in [2.24, 2.45) is 0 Å². The molecule has 0 spiro atoms. The van der Waals surface area contributed by atoms with E-state index in [0.29, 0.717) is 21.0 Å². The number of aldehydes is 1. The first kappa shape index (κ1) is 10.9. The lowest BCUT2D eigenvalue weighted by molar-refractivity contribution is 0.101. The van der Waals surface area contributed by atoms with Crippen molar-refractivity contribution in [3.63, 3.8) is 0 Å². The molecule has 0 radical (unpaired) electrons. The predicted molar refractivity (Wildman–Crippen MR) is 59.3 cm³/mol. The Bertz CT molecular complexity index is 446. The summed E-state index contributed by atoms with van der Waals surface area (Å²) in [5.74, 6) is -0.164. The smallest absolute Gasteiger partial charge is 0.162 e. The molecule has 3 nitrogen and oxygen atoms in total. The minimum Gasteiger partial charge on any atom is -0.298 e. The fraction of sp³-hybridized carbons (Fsp3) is 0.100. The SMILES string of the molecule is CC(=O)c1c(I)cc(C=O)cc1C#N. The van der Waals surface area contributed by atoms with E-state index in [4.69, 9.17) is 5.26 Å². The summed E-state index contributed by atoms with van der Waals surface area (Å²) in [6, 6.07) is 4.92. The monoisotopic (exact) mass is 299 g/mol. The number of rotatable bonds is 2. The second kappa shape index (κ2) is 4.33. The molecule has 1 rings (SSSR count). The van der Waals surface area contributed by atoms with Crippen LogP contribution >= 0.6 is 22.6 Å². The van der Waals surface area contributed by atoms with Crippen LogP contribution in [0.5, 0.6) is 0 Å². The van der Waals surface area contributed by atoms with Crippen molar-refractivity contribution in [2.45, 2.75) is 6.92 Å². The van der Waals surface area contributed by atoms with E-state index in [-0.39, 0.29) is 11.3 Å². The Morgan fingerprint density at radius 2 is 2.21 bits per heavy atom. The molecule has 70 valence electrons. The van der Waals surface area contributed by atoms with Gasteiger partial charge in [0.1, 0.15) is 6.29 Å². The number of carbonyl (C=O) groups excluding carboxylic acids is 2. The quantitative estimate of drug-likeness (QED) is 0.478. The Morgan fingerprint density at radius 1 is 1.57 bits per heavy atom. The lowest BCUT2D eigenvalue weighted by atomic mass is 10.0. The summed E-state index contributed by atoms with van der Waals surface area (Å²) >= 11 is 1.94. The molecular formula is C10H6INO2. The zero-order valence-corrected chi connectivity index (χ0v) is 9.53. The molecule has 0 amide bonds. The maximum Gasteiger partial charge on any atom is 0.162 e. The molecular weight excluding hydrogens is 293 g/mol. The second-order valence-corrected chi connectivity index (χ2v) is 3.87. The van der Waals surface area contributed by atoms with E-state index in [2.05, 4.69) is 0 Å². The average molecular weight is 299 g/mol. The molecule has 14 heavy (non-hydrogen) atoms. The van der Waals surface area contributed by atoms with Crippen LogP contribution < -0.4 is 0 Å². The first-order chi connectivity index (χ1) is 6.60. The van der Waals surface area contributed by atoms with E-state index >= 15 is 0 Å². The predicted octanol–water partition coefficient (Wildman–Crippen LogP) is 2.18. The lowest BCUT2D eigenvalue weighted by Crippen LogP contribution is -2.01. The molecule has 0 N–H and O–H groups in total. The highest BCUT2D eigenvalue weighted by Crippen LogP contribution is 2.19. The van der Waals surface area contributed by atoms with Crippen molar-refractivity contribution >= 4 is 34.7 Å². The molecule has 0 saturated heterocycles. The normalized spacial score (nSPS) is 9.21. The third-order valence-electron chi connectivity index (χ3n) is 1.72. The van der Waals surface area contributed by atoms with Gasteiger partial charge >= 0.3 is 0 Å². The van der Waals surface area contributed by atoms with Gasteiger partial charge in [-0.3, -0.25) is 9.59 Å². The van der Waals surface area contributed by atoms with E-state index < -0.39 is 0 Å². The number of nitrogens with zero attached hydrogens (tertiary/aromatic N) is 1. The van der Waals surface area contributed by atoms with Crippen molar-refractivity contribution in [1.82, 2.24) is 0 Å². The second-order valence-electron chi connectivity index (χ2n) is 2.71. The molecule has 0 bridgehead atoms. The van der Waals surface area contributed by atoms with Crippen LogP contribution in [0, 0.1) is 14.9 Å². The Hall–Kier alpha value is -1.22. The zero-order chi connectivity index (χ0) is 10.7. The lowest BCUT2D eigenvalue weighted by Gasteiger charge is -2.03. The van der Waals surface area contributed by atoms with E-state index in [1.165, 1.54) is 13.0 Å². The Labute approximate surface area is 94.9 Å². The molecule has 0 unspecified atom stereocenters. The number of carbonyl (C=O) groups is 2. The van der Waals surface area contributed by atoms with Gasteiger partial charge in [-0.25, -0.2) is 0 Å². The van der Waals surface area contributed by atoms with Crippen LogP contribution in [0.2, 0.25) is 0 Å². The van der Waals surface area contributed by atoms with Crippen molar-refractivity contribution < 1.29 is 9.59 Å². The maximum absolute atomic E-state index is 11.2. The van der Waals surface area contributed by atoms with Crippen molar-refractivity contribution in [2.75, 3.05) is 0 Å². The average Bonchev–Trinajstić information content (AvgIpc) is 2.15. The highest BCUT2D eigenvalue weighted by atomic mass is 127. The largest absolute Gasteiger partial charge is 0.298 e. The van der Waals surface area contributed by atoms with Gasteiger partial charge in [0.2, 0.25) is 0 Å². The summed E-state index contributed by atoms with van der Waals surface area (Å²) in [5.41, 5.74) is 1.06. The summed E-state index contributed by atoms with van der Waals surface area (Å²) in [4.78, 5) is 21.7. The number of hydrogen-bond acceptors (Lipinski definition) is 3. The molecule has 0 heterocycles. The van der Waals surface area contributed by atoms with Gasteiger partial charge in [-0.15, -0.1) is 0 Å². The van der Waals surface area contributed by atoms with Crippen LogP contribution in [0.25, 0.3) is 0 Å². The van der Waals surface area contributed by atoms with Gasteiger partial charge in [0.05, 0.1) is 11.6 Å². The van der Waals surface area contributed by atoms with E-state index in [1.807, 2.05) is 28.7 Å². The highest BCUT2D eigenvalue weighted by Gasteiger charge is 2.12. The molecule has 0 atom stereocenters. The van der Waals surface area contributed by atoms with Crippen molar-refractivity contribution in [3.8, 4) is 6.07 Å². The molecule has 1 aromatic rings. The molecule has 0 fully saturated rings. The van der Waals surface area contributed by atoms with Crippen LogP contribution in [0.3, 0.4) is 0 Å². The van der Waals surface area contributed by atoms with Gasteiger partial charge in [-0.05, 0) is 41.6 Å². The topological polar surface area (TPSA) is 57.9 Å². The van der Waals surface area contributed by atoms with E-state index in [9.17, 15) is 9.59 Å². The molecule has 0 aromatic heterocycles. The van der Waals surface area contributed by atoms with Crippen LogP contribution in [0.4, 0.5) is 0 Å². The molecule has 0 saturated carbocycles. The summed E-state index contributed by atoms with van der Waals surface area (Å²) < 4.78 is 0.635. The first-order valence-corrected chi connectivity index (χ1v) is 4.87. The van der Waals surface area contributed by atoms with Gasteiger partial charge < -0.3 is 0 Å². The van der Waals surface area contributed by atoms with Gasteiger partial charge in [0, 0.05) is 14.7 Å². The fourth-order valence-corrected chi connectivity index (χ4v) is 2.17. The fourth-order valence-electron chi connectivity index (χ4n) is 1.14. The van der Waals surface area contributed by atoms with Crippen molar-refractivity contribution in [1.29, 1.82) is 5.26 Å². The molecule has 0 aliphatic rings. The van der Waals surface area contributed by atoms with Gasteiger partial charge in [-0.1, -0.05) is 0 Å². The van der Waals surface area contributed by atoms with Gasteiger partial charge in [-0.2, -0.15) is 5.26 Å². The minimum atomic E-state index is -0.164. The van der Waals surface area contributed by atoms with Crippen LogP contribution in [-0.2, 0) is 0 Å². The number of nitriles is 1. The number of Topliss-reactive ketones (excluding diaryl/α,β-unsaturated/α-hetero) is 1. The summed E-state index contributed by atoms with van der Waals surface area (Å²) in [6.45, 7) is 1.40. The van der Waals surface area contributed by atoms with Crippen molar-refractivity contribution in [3.05, 3.63) is 32.4 Å².